The molecule has 1 aromatic carbocycles. The molecule has 98 valence electrons. The van der Waals surface area contributed by atoms with E-state index in [4.69, 9.17) is 5.11 Å². The van der Waals surface area contributed by atoms with E-state index in [1.165, 1.54) is 0 Å². The first-order valence-corrected chi connectivity index (χ1v) is 6.54. The van der Waals surface area contributed by atoms with Crippen molar-refractivity contribution in [2.24, 2.45) is 0 Å². The summed E-state index contributed by atoms with van der Waals surface area (Å²) in [5, 5.41) is 18.9. The lowest BCUT2D eigenvalue weighted by molar-refractivity contribution is 0.181. The van der Waals surface area contributed by atoms with Crippen LogP contribution in [0.25, 0.3) is 0 Å². The van der Waals surface area contributed by atoms with E-state index in [1.54, 1.807) is 0 Å². The number of hydrogen-bond acceptors (Lipinski definition) is 2. The van der Waals surface area contributed by atoms with Crippen LogP contribution in [0.5, 0.6) is 0 Å². The lowest BCUT2D eigenvalue weighted by Gasteiger charge is -2.07. The highest BCUT2D eigenvalue weighted by atomic mass is 16.3. The van der Waals surface area contributed by atoms with Gasteiger partial charge in [-0.3, -0.25) is 0 Å². The molecule has 0 fully saturated rings. The van der Waals surface area contributed by atoms with Crippen molar-refractivity contribution < 1.29 is 10.2 Å². The van der Waals surface area contributed by atoms with E-state index < -0.39 is 6.10 Å². The Kier molecular flexibility index (Phi) is 7.12. The van der Waals surface area contributed by atoms with Crippen molar-refractivity contribution in [3.05, 3.63) is 53.3 Å². The van der Waals surface area contributed by atoms with E-state index in [2.05, 4.69) is 12.7 Å². The summed E-state index contributed by atoms with van der Waals surface area (Å²) < 4.78 is 0. The molecule has 0 amide bonds. The van der Waals surface area contributed by atoms with Crippen LogP contribution in [0.15, 0.2) is 47.7 Å². The van der Waals surface area contributed by atoms with Crippen LogP contribution in [0.4, 0.5) is 0 Å². The molecule has 0 aliphatic rings. The second kappa shape index (κ2) is 8.71. The molecule has 2 nitrogen and oxygen atoms in total. The van der Waals surface area contributed by atoms with Crippen LogP contribution < -0.4 is 0 Å². The SMILES string of the molecule is CCCC(=C=CC[C@@H](O)c1ccccc1)CCO. The zero-order chi connectivity index (χ0) is 13.2. The molecule has 1 rings (SSSR count). The smallest absolute Gasteiger partial charge is 0.0830 e. The van der Waals surface area contributed by atoms with Crippen LogP contribution in [-0.4, -0.2) is 16.8 Å². The molecule has 0 saturated carbocycles. The van der Waals surface area contributed by atoms with E-state index in [9.17, 15) is 5.11 Å². The lowest BCUT2D eigenvalue weighted by atomic mass is 10.1. The summed E-state index contributed by atoms with van der Waals surface area (Å²) in [7, 11) is 0. The maximum atomic E-state index is 9.96. The minimum Gasteiger partial charge on any atom is -0.396 e. The highest BCUT2D eigenvalue weighted by molar-refractivity contribution is 5.18. The van der Waals surface area contributed by atoms with Gasteiger partial charge in [-0.05, 0) is 30.1 Å². The van der Waals surface area contributed by atoms with Gasteiger partial charge < -0.3 is 10.2 Å². The van der Waals surface area contributed by atoms with E-state index in [1.807, 2.05) is 36.4 Å². The molecule has 2 heteroatoms. The summed E-state index contributed by atoms with van der Waals surface area (Å²) >= 11 is 0. The van der Waals surface area contributed by atoms with E-state index in [0.717, 1.165) is 24.0 Å². The monoisotopic (exact) mass is 246 g/mol. The first kappa shape index (κ1) is 14.7. The zero-order valence-electron chi connectivity index (χ0n) is 11.0. The summed E-state index contributed by atoms with van der Waals surface area (Å²) in [6.07, 6.45) is 4.64. The van der Waals surface area contributed by atoms with Crippen molar-refractivity contribution >= 4 is 0 Å². The van der Waals surface area contributed by atoms with Crippen LogP contribution in [0.1, 0.15) is 44.3 Å². The molecule has 0 bridgehead atoms. The number of benzene rings is 1. The Morgan fingerprint density at radius 2 is 2.00 bits per heavy atom. The average molecular weight is 246 g/mol. The van der Waals surface area contributed by atoms with E-state index in [-0.39, 0.29) is 6.61 Å². The standard InChI is InChI=1S/C16H22O2/c1-2-7-14(12-13-17)8-6-11-16(18)15-9-4-3-5-10-15/h3-6,9-10,16-18H,2,7,11-13H2,1H3/t8?,16-/m1/s1. The quantitative estimate of drug-likeness (QED) is 0.724. The summed E-state index contributed by atoms with van der Waals surface area (Å²) in [4.78, 5) is 0. The van der Waals surface area contributed by atoms with Gasteiger partial charge in [-0.25, -0.2) is 0 Å². The first-order valence-electron chi connectivity index (χ1n) is 6.54. The van der Waals surface area contributed by atoms with Crippen LogP contribution in [0, 0.1) is 0 Å². The summed E-state index contributed by atoms with van der Waals surface area (Å²) in [6.45, 7) is 2.27. The topological polar surface area (TPSA) is 40.5 Å². The first-order chi connectivity index (χ1) is 8.77. The molecular weight excluding hydrogens is 224 g/mol. The van der Waals surface area contributed by atoms with Gasteiger partial charge in [0.1, 0.15) is 0 Å². The normalized spacial score (nSPS) is 11.7. The third-order valence-corrected chi connectivity index (χ3v) is 2.80. The van der Waals surface area contributed by atoms with Crippen molar-refractivity contribution in [3.8, 4) is 0 Å². The van der Waals surface area contributed by atoms with Gasteiger partial charge >= 0.3 is 0 Å². The Hall–Kier alpha value is -1.34. The van der Waals surface area contributed by atoms with Crippen molar-refractivity contribution in [3.63, 3.8) is 0 Å². The number of aliphatic hydroxyl groups is 2. The summed E-state index contributed by atoms with van der Waals surface area (Å²) in [5.74, 6) is 0. The highest BCUT2D eigenvalue weighted by Gasteiger charge is 2.03. The predicted octanol–water partition coefficient (Wildman–Crippen LogP) is 3.37. The van der Waals surface area contributed by atoms with Gasteiger partial charge in [0, 0.05) is 13.0 Å². The molecule has 0 aliphatic heterocycles. The van der Waals surface area contributed by atoms with Crippen molar-refractivity contribution in [2.75, 3.05) is 6.61 Å². The van der Waals surface area contributed by atoms with Gasteiger partial charge in [0.2, 0.25) is 0 Å². The minimum absolute atomic E-state index is 0.164. The minimum atomic E-state index is -0.476. The summed E-state index contributed by atoms with van der Waals surface area (Å²) in [6, 6.07) is 9.62. The Morgan fingerprint density at radius 1 is 1.28 bits per heavy atom. The second-order valence-electron chi connectivity index (χ2n) is 4.34. The molecule has 0 aliphatic carbocycles. The fourth-order valence-electron chi connectivity index (χ4n) is 1.83. The summed E-state index contributed by atoms with van der Waals surface area (Å²) in [5.41, 5.74) is 5.24. The molecule has 0 spiro atoms. The molecule has 0 saturated heterocycles. The Bertz CT molecular complexity index is 381. The largest absolute Gasteiger partial charge is 0.396 e. The molecule has 2 N–H and O–H groups in total. The average Bonchev–Trinajstić information content (AvgIpc) is 2.40. The highest BCUT2D eigenvalue weighted by Crippen LogP contribution is 2.16. The molecular formula is C16H22O2. The second-order valence-corrected chi connectivity index (χ2v) is 4.34. The van der Waals surface area contributed by atoms with Crippen molar-refractivity contribution in [1.82, 2.24) is 0 Å². The molecule has 1 atom stereocenters. The Balaban J connectivity index is 2.59. The fourth-order valence-corrected chi connectivity index (χ4v) is 1.83. The molecule has 0 aromatic heterocycles. The molecule has 18 heavy (non-hydrogen) atoms. The third-order valence-electron chi connectivity index (χ3n) is 2.80. The van der Waals surface area contributed by atoms with E-state index >= 15 is 0 Å². The van der Waals surface area contributed by atoms with Gasteiger partial charge in [0.05, 0.1) is 6.10 Å². The number of hydrogen-bond donors (Lipinski definition) is 2. The van der Waals surface area contributed by atoms with Gasteiger partial charge in [-0.2, -0.15) is 0 Å². The van der Waals surface area contributed by atoms with Crippen molar-refractivity contribution in [1.29, 1.82) is 0 Å². The van der Waals surface area contributed by atoms with E-state index in [0.29, 0.717) is 12.8 Å². The van der Waals surface area contributed by atoms with Gasteiger partial charge in [-0.1, -0.05) is 43.7 Å². The molecule has 1 aromatic rings. The van der Waals surface area contributed by atoms with Crippen LogP contribution >= 0.6 is 0 Å². The zero-order valence-corrected chi connectivity index (χ0v) is 11.0. The van der Waals surface area contributed by atoms with Crippen LogP contribution in [0.3, 0.4) is 0 Å². The predicted molar refractivity (Wildman–Crippen MR) is 74.2 cm³/mol. The number of rotatable bonds is 7. The third kappa shape index (κ3) is 5.33. The van der Waals surface area contributed by atoms with Gasteiger partial charge in [-0.15, -0.1) is 5.73 Å². The fraction of sp³-hybridized carbons (Fsp3) is 0.438. The van der Waals surface area contributed by atoms with Gasteiger partial charge in [0.15, 0.2) is 0 Å². The molecule has 0 heterocycles. The molecule has 0 unspecified atom stereocenters. The van der Waals surface area contributed by atoms with Crippen molar-refractivity contribution in [2.45, 2.75) is 38.7 Å². The Labute approximate surface area is 109 Å². The molecule has 0 radical (unpaired) electrons. The Morgan fingerprint density at radius 3 is 2.61 bits per heavy atom. The maximum Gasteiger partial charge on any atom is 0.0830 e. The van der Waals surface area contributed by atoms with Gasteiger partial charge in [0.25, 0.3) is 0 Å². The van der Waals surface area contributed by atoms with Crippen LogP contribution in [0.2, 0.25) is 0 Å². The van der Waals surface area contributed by atoms with Crippen LogP contribution in [-0.2, 0) is 0 Å². The maximum absolute atomic E-state index is 9.96. The lowest BCUT2D eigenvalue weighted by Crippen LogP contribution is -1.94. The number of aliphatic hydroxyl groups excluding tert-OH is 2.